The zero-order valence-corrected chi connectivity index (χ0v) is 24.7. The molecule has 0 amide bonds. The first kappa shape index (κ1) is 32.3. The average Bonchev–Trinajstić information content (AvgIpc) is 3.38. The second-order valence-corrected chi connectivity index (χ2v) is 11.8. The van der Waals surface area contributed by atoms with E-state index in [-0.39, 0.29) is 0 Å². The molecule has 2 rings (SSSR count). The number of ether oxygens (including phenoxy) is 2. The molecule has 1 aliphatic heterocycles. The molecule has 1 aliphatic rings. The Labute approximate surface area is 231 Å². The van der Waals surface area contributed by atoms with E-state index in [1.807, 2.05) is 0 Å². The molecule has 2 heterocycles. The van der Waals surface area contributed by atoms with Crippen LogP contribution in [0.2, 0.25) is 0 Å². The Morgan fingerprint density at radius 2 is 1.19 bits per heavy atom. The van der Waals surface area contributed by atoms with Gasteiger partial charge < -0.3 is 9.47 Å². The molecule has 3 nitrogen and oxygen atoms in total. The summed E-state index contributed by atoms with van der Waals surface area (Å²) in [6.07, 6.45) is 35.2. The summed E-state index contributed by atoms with van der Waals surface area (Å²) in [6, 6.07) is 6.30. The minimum Gasteiger partial charge on any atom is -0.379 e. The molecule has 0 spiro atoms. The normalized spacial score (nSPS) is 17.5. The molecule has 1 fully saturated rings. The number of unbranched alkanes of at least 4 members (excludes halogenated alkanes) is 18. The van der Waals surface area contributed by atoms with Gasteiger partial charge in [0.1, 0.15) is 6.54 Å². The van der Waals surface area contributed by atoms with Crippen LogP contribution in [0.3, 0.4) is 0 Å². The zero-order chi connectivity index (χ0) is 26.1. The fourth-order valence-electron chi connectivity index (χ4n) is 5.73. The third kappa shape index (κ3) is 18.9. The predicted molar refractivity (Wildman–Crippen MR) is 158 cm³/mol. The molecule has 1 aromatic heterocycles. The number of aromatic nitrogens is 1. The molecule has 0 radical (unpaired) electrons. The monoisotopic (exact) mass is 516 g/mol. The lowest BCUT2D eigenvalue weighted by Crippen LogP contribution is -2.32. The van der Waals surface area contributed by atoms with Crippen LogP contribution < -0.4 is 4.57 Å². The maximum atomic E-state index is 6.02. The Morgan fingerprint density at radius 1 is 0.649 bits per heavy atom. The second kappa shape index (κ2) is 24.1. The second-order valence-electron chi connectivity index (χ2n) is 11.8. The minimum atomic E-state index is 0.354. The third-order valence-corrected chi connectivity index (χ3v) is 8.17. The fraction of sp³-hybridized carbons (Fsp3) is 0.853. The van der Waals surface area contributed by atoms with Crippen molar-refractivity contribution < 1.29 is 14.0 Å². The summed E-state index contributed by atoms with van der Waals surface area (Å²) in [5.41, 5.74) is 0. The lowest BCUT2D eigenvalue weighted by Gasteiger charge is -2.10. The largest absolute Gasteiger partial charge is 0.379 e. The van der Waals surface area contributed by atoms with Crippen LogP contribution in [0, 0.1) is 5.92 Å². The molecule has 0 unspecified atom stereocenters. The van der Waals surface area contributed by atoms with Gasteiger partial charge in [-0.1, -0.05) is 122 Å². The first-order valence-corrected chi connectivity index (χ1v) is 16.5. The molecule has 1 aromatic rings. The Kier molecular flexibility index (Phi) is 21.1. The van der Waals surface area contributed by atoms with Gasteiger partial charge in [-0.3, -0.25) is 0 Å². The molecule has 3 heteroatoms. The number of aryl methyl sites for hydroxylation is 1. The van der Waals surface area contributed by atoms with Crippen molar-refractivity contribution in [3.05, 3.63) is 30.6 Å². The van der Waals surface area contributed by atoms with Gasteiger partial charge in [0.05, 0.1) is 12.7 Å². The Hall–Kier alpha value is -0.930. The van der Waals surface area contributed by atoms with Crippen LogP contribution >= 0.6 is 0 Å². The van der Waals surface area contributed by atoms with Crippen LogP contribution in [0.5, 0.6) is 0 Å². The van der Waals surface area contributed by atoms with Gasteiger partial charge in [-0.05, 0) is 31.6 Å². The highest BCUT2D eigenvalue weighted by molar-refractivity contribution is 4.83. The lowest BCUT2D eigenvalue weighted by molar-refractivity contribution is -0.697. The molecule has 214 valence electrons. The van der Waals surface area contributed by atoms with Gasteiger partial charge in [-0.25, -0.2) is 4.57 Å². The van der Waals surface area contributed by atoms with Gasteiger partial charge in [0.2, 0.25) is 0 Å². The van der Waals surface area contributed by atoms with Crippen LogP contribution in [0.15, 0.2) is 30.6 Å². The molecule has 0 N–H and O–H groups in total. The summed E-state index contributed by atoms with van der Waals surface area (Å²) in [6.45, 7) is 6.13. The van der Waals surface area contributed by atoms with Crippen molar-refractivity contribution in [1.29, 1.82) is 0 Å². The topological polar surface area (TPSA) is 22.3 Å². The van der Waals surface area contributed by atoms with Gasteiger partial charge in [-0.15, -0.1) is 0 Å². The summed E-state index contributed by atoms with van der Waals surface area (Å²) >= 11 is 0. The number of nitrogens with zero attached hydrogens (tertiary/aromatic N) is 1. The molecule has 0 saturated carbocycles. The molecule has 0 aliphatic carbocycles. The van der Waals surface area contributed by atoms with Crippen LogP contribution in [0.4, 0.5) is 0 Å². The van der Waals surface area contributed by atoms with Gasteiger partial charge in [-0.2, -0.15) is 0 Å². The van der Waals surface area contributed by atoms with Gasteiger partial charge in [0.25, 0.3) is 0 Å². The maximum absolute atomic E-state index is 6.02. The first-order chi connectivity index (χ1) is 18.4. The van der Waals surface area contributed by atoms with Crippen LogP contribution in [0.25, 0.3) is 0 Å². The van der Waals surface area contributed by atoms with Crippen LogP contribution in [-0.4, -0.2) is 25.9 Å². The van der Waals surface area contributed by atoms with Crippen molar-refractivity contribution in [2.24, 2.45) is 5.92 Å². The lowest BCUT2D eigenvalue weighted by atomic mass is 9.97. The Morgan fingerprint density at radius 3 is 1.81 bits per heavy atom. The fourth-order valence-corrected chi connectivity index (χ4v) is 5.73. The Balaban J connectivity index is 1.26. The highest BCUT2D eigenvalue weighted by atomic mass is 16.5. The van der Waals surface area contributed by atoms with E-state index in [1.54, 1.807) is 0 Å². The van der Waals surface area contributed by atoms with E-state index in [2.05, 4.69) is 42.1 Å². The molecular weight excluding hydrogens is 454 g/mol. The molecule has 0 aromatic carbocycles. The van der Waals surface area contributed by atoms with E-state index in [4.69, 9.17) is 9.47 Å². The number of hydrogen-bond acceptors (Lipinski definition) is 2. The van der Waals surface area contributed by atoms with Crippen molar-refractivity contribution in [3.63, 3.8) is 0 Å². The summed E-state index contributed by atoms with van der Waals surface area (Å²) in [7, 11) is 0. The molecule has 2 atom stereocenters. The summed E-state index contributed by atoms with van der Waals surface area (Å²) in [5.74, 6) is 0.778. The Bertz CT molecular complexity index is 593. The van der Waals surface area contributed by atoms with Crippen molar-refractivity contribution in [1.82, 2.24) is 0 Å². The van der Waals surface area contributed by atoms with E-state index in [0.717, 1.165) is 32.3 Å². The van der Waals surface area contributed by atoms with Gasteiger partial charge in [0.15, 0.2) is 12.4 Å². The predicted octanol–water partition coefficient (Wildman–Crippen LogP) is 9.61. The minimum absolute atomic E-state index is 0.354. The smallest absolute Gasteiger partial charge is 0.168 e. The summed E-state index contributed by atoms with van der Waals surface area (Å²) < 4.78 is 14.2. The number of pyridine rings is 1. The van der Waals surface area contributed by atoms with Crippen molar-refractivity contribution in [2.45, 2.75) is 161 Å². The zero-order valence-electron chi connectivity index (χ0n) is 24.7. The average molecular weight is 517 g/mol. The quantitative estimate of drug-likeness (QED) is 0.0903. The summed E-state index contributed by atoms with van der Waals surface area (Å²) in [4.78, 5) is 0. The van der Waals surface area contributed by atoms with Crippen molar-refractivity contribution in [3.8, 4) is 0 Å². The number of hydrogen-bond donors (Lipinski definition) is 0. The van der Waals surface area contributed by atoms with E-state index in [1.165, 1.54) is 141 Å². The van der Waals surface area contributed by atoms with Crippen LogP contribution in [-0.2, 0) is 16.0 Å². The van der Waals surface area contributed by atoms with Crippen molar-refractivity contribution >= 4 is 0 Å². The van der Waals surface area contributed by atoms with Gasteiger partial charge in [0, 0.05) is 31.8 Å². The first-order valence-electron chi connectivity index (χ1n) is 16.5. The highest BCUT2D eigenvalue weighted by Gasteiger charge is 2.24. The third-order valence-electron chi connectivity index (χ3n) is 8.17. The summed E-state index contributed by atoms with van der Waals surface area (Å²) in [5, 5.41) is 0. The standard InChI is InChI=1S/C34H62NO2/c1-2-3-4-5-6-7-8-9-10-11-12-13-16-20-25-33-30-34(37-31-33)32-36-29-24-18-15-14-17-21-26-35-27-22-19-23-28-35/h19,22-23,27-28,33-34H,2-18,20-21,24-26,29-32H2,1H3/q+1/t33-,34+/m0/s1. The van der Waals surface area contributed by atoms with Crippen molar-refractivity contribution in [2.75, 3.05) is 19.8 Å². The highest BCUT2D eigenvalue weighted by Crippen LogP contribution is 2.25. The van der Waals surface area contributed by atoms with E-state index in [9.17, 15) is 0 Å². The van der Waals surface area contributed by atoms with E-state index >= 15 is 0 Å². The number of rotatable bonds is 26. The van der Waals surface area contributed by atoms with Crippen LogP contribution in [0.1, 0.15) is 148 Å². The van der Waals surface area contributed by atoms with E-state index < -0.39 is 0 Å². The molecule has 37 heavy (non-hydrogen) atoms. The SMILES string of the molecule is CCCCCCCCCCCCCCCC[C@@H]1CO[C@@H](COCCCCCCCC[n+]2ccccc2)C1. The maximum Gasteiger partial charge on any atom is 0.168 e. The van der Waals surface area contributed by atoms with E-state index in [0.29, 0.717) is 6.10 Å². The molecular formula is C34H62NO2+. The molecule has 0 bridgehead atoms. The van der Waals surface area contributed by atoms with Gasteiger partial charge >= 0.3 is 0 Å². The molecule has 1 saturated heterocycles.